The van der Waals surface area contributed by atoms with Crippen molar-refractivity contribution in [3.8, 4) is 0 Å². The van der Waals surface area contributed by atoms with Gasteiger partial charge in [0.1, 0.15) is 14.8 Å². The molecule has 0 spiro atoms. The van der Waals surface area contributed by atoms with E-state index in [0.29, 0.717) is 0 Å². The van der Waals surface area contributed by atoms with Crippen molar-refractivity contribution in [1.82, 2.24) is 0 Å². The van der Waals surface area contributed by atoms with Crippen molar-refractivity contribution in [3.05, 3.63) is 0 Å². The summed E-state index contributed by atoms with van der Waals surface area (Å²) < 4.78 is 0. The Kier molecular flexibility index (Phi) is 4.81. The first-order chi connectivity index (χ1) is 5.41. The average Bonchev–Trinajstić information content (AvgIpc) is 1.43. The quantitative estimate of drug-likeness (QED) is 0.516. The first-order valence-electron chi connectivity index (χ1n) is 4.79. The van der Waals surface area contributed by atoms with Crippen LogP contribution in [0.25, 0.3) is 0 Å². The highest BCUT2D eigenvalue weighted by Gasteiger charge is 2.35. The Morgan fingerprint density at radius 2 is 0.923 bits per heavy atom. The van der Waals surface area contributed by atoms with Crippen LogP contribution in [-0.4, -0.2) is 22.8 Å². The molecule has 0 aromatic carbocycles. The third-order valence-electron chi connectivity index (χ3n) is 1.80. The maximum Gasteiger partial charge on any atom is 0.147 e. The molecule has 0 heterocycles. The first-order valence-corrected chi connectivity index (χ1v) is 16.6. The summed E-state index contributed by atoms with van der Waals surface area (Å²) in [4.78, 5) is 0. The van der Waals surface area contributed by atoms with Crippen LogP contribution in [0, 0.1) is 0 Å². The molecule has 0 unspecified atom stereocenters. The van der Waals surface area contributed by atoms with Crippen molar-refractivity contribution in [2.75, 3.05) is 0 Å². The Labute approximate surface area is 95.5 Å². The van der Waals surface area contributed by atoms with Crippen LogP contribution < -0.4 is 0 Å². The Morgan fingerprint density at radius 3 is 1.08 bits per heavy atom. The molecule has 0 radical (unpaired) electrons. The number of rotatable bonds is 4. The molecule has 0 nitrogen and oxygen atoms in total. The van der Waals surface area contributed by atoms with E-state index in [4.69, 9.17) is 22.2 Å². The molecule has 0 atom stereocenters. The van der Waals surface area contributed by atoms with Gasteiger partial charge in [0.15, 0.2) is 0 Å². The van der Waals surface area contributed by atoms with Gasteiger partial charge in [-0.2, -0.15) is 22.2 Å². The van der Waals surface area contributed by atoms with Crippen molar-refractivity contribution < 1.29 is 0 Å². The van der Waals surface area contributed by atoms with Crippen LogP contribution in [0.3, 0.4) is 0 Å². The van der Waals surface area contributed by atoms with E-state index in [-0.39, 0.29) is 0 Å². The normalized spacial score (nSPS) is 14.8. The maximum atomic E-state index is 6.39. The van der Waals surface area contributed by atoms with Crippen LogP contribution >= 0.6 is 22.2 Å². The largest absolute Gasteiger partial charge is 0.168 e. The standard InChI is InChI=1S/C8H22Cl2Si3/c1-11(2,7-12(3,4)9)8-13(5,6)10/h7-8H2,1-6H3. The lowest BCUT2D eigenvalue weighted by Gasteiger charge is -2.31. The zero-order chi connectivity index (χ0) is 10.9. The van der Waals surface area contributed by atoms with Gasteiger partial charge in [-0.3, -0.25) is 0 Å². The Morgan fingerprint density at radius 1 is 0.692 bits per heavy atom. The smallest absolute Gasteiger partial charge is 0.147 e. The molecule has 0 saturated heterocycles. The molecule has 0 N–H and O–H groups in total. The van der Waals surface area contributed by atoms with E-state index in [1.807, 2.05) is 0 Å². The summed E-state index contributed by atoms with van der Waals surface area (Å²) in [5, 5.41) is 0. The second kappa shape index (κ2) is 4.39. The van der Waals surface area contributed by atoms with Gasteiger partial charge < -0.3 is 0 Å². The third-order valence-corrected chi connectivity index (χ3v) is 18.6. The second-order valence-electron chi connectivity index (χ2n) is 5.96. The molecule has 0 amide bonds. The number of hydrogen-bond acceptors (Lipinski definition) is 0. The summed E-state index contributed by atoms with van der Waals surface area (Å²) in [6, 6.07) is 0. The fraction of sp³-hybridized carbons (Fsp3) is 1.00. The molecule has 5 heteroatoms. The average molecular weight is 273 g/mol. The monoisotopic (exact) mass is 272 g/mol. The van der Waals surface area contributed by atoms with Crippen LogP contribution in [0.5, 0.6) is 0 Å². The van der Waals surface area contributed by atoms with Gasteiger partial charge in [0, 0.05) is 8.07 Å². The van der Waals surface area contributed by atoms with Crippen molar-refractivity contribution in [2.24, 2.45) is 0 Å². The van der Waals surface area contributed by atoms with Crippen molar-refractivity contribution in [3.63, 3.8) is 0 Å². The third kappa shape index (κ3) is 9.53. The predicted octanol–water partition coefficient (Wildman–Crippen LogP) is 4.66. The van der Waals surface area contributed by atoms with E-state index >= 15 is 0 Å². The molecular formula is C8H22Cl2Si3. The molecule has 0 saturated carbocycles. The van der Waals surface area contributed by atoms with Gasteiger partial charge in [-0.05, 0) is 11.3 Å². The zero-order valence-electron chi connectivity index (χ0n) is 9.67. The number of halogens is 2. The highest BCUT2D eigenvalue weighted by Crippen LogP contribution is 2.30. The van der Waals surface area contributed by atoms with E-state index in [2.05, 4.69) is 39.3 Å². The van der Waals surface area contributed by atoms with E-state index in [1.165, 1.54) is 11.3 Å². The van der Waals surface area contributed by atoms with E-state index < -0.39 is 22.8 Å². The van der Waals surface area contributed by atoms with Crippen LogP contribution in [0.1, 0.15) is 0 Å². The molecule has 80 valence electrons. The fourth-order valence-electron chi connectivity index (χ4n) is 2.34. The van der Waals surface area contributed by atoms with Crippen LogP contribution in [0.2, 0.25) is 50.6 Å². The summed E-state index contributed by atoms with van der Waals surface area (Å²) >= 11 is 12.8. The lowest BCUT2D eigenvalue weighted by molar-refractivity contribution is 1.50. The van der Waals surface area contributed by atoms with Gasteiger partial charge in [0.05, 0.1) is 0 Å². The fourth-order valence-corrected chi connectivity index (χ4v) is 28.7. The van der Waals surface area contributed by atoms with Crippen molar-refractivity contribution >= 4 is 45.0 Å². The van der Waals surface area contributed by atoms with Gasteiger partial charge in [-0.15, -0.1) is 0 Å². The summed E-state index contributed by atoms with van der Waals surface area (Å²) in [5.41, 5.74) is 2.59. The topological polar surface area (TPSA) is 0 Å². The lowest BCUT2D eigenvalue weighted by atomic mass is 11.7. The van der Waals surface area contributed by atoms with Crippen LogP contribution in [-0.2, 0) is 0 Å². The van der Waals surface area contributed by atoms with Crippen LogP contribution in [0.4, 0.5) is 0 Å². The van der Waals surface area contributed by atoms with Gasteiger partial charge in [-0.1, -0.05) is 39.3 Å². The Bertz CT molecular complexity index is 149. The van der Waals surface area contributed by atoms with Crippen molar-refractivity contribution in [1.29, 1.82) is 0 Å². The first kappa shape index (κ1) is 14.2. The Hall–Kier alpha value is 1.23. The van der Waals surface area contributed by atoms with E-state index in [9.17, 15) is 0 Å². The minimum atomic E-state index is -1.39. The van der Waals surface area contributed by atoms with E-state index in [1.54, 1.807) is 0 Å². The minimum Gasteiger partial charge on any atom is -0.168 e. The van der Waals surface area contributed by atoms with E-state index in [0.717, 1.165) is 0 Å². The van der Waals surface area contributed by atoms with Gasteiger partial charge >= 0.3 is 0 Å². The van der Waals surface area contributed by atoms with Crippen molar-refractivity contribution in [2.45, 2.75) is 50.6 Å². The van der Waals surface area contributed by atoms with Gasteiger partial charge in [0.2, 0.25) is 0 Å². The molecule has 0 aromatic rings. The molecule has 0 fully saturated rings. The number of hydrogen-bond donors (Lipinski definition) is 0. The van der Waals surface area contributed by atoms with Crippen LogP contribution in [0.15, 0.2) is 0 Å². The molecule has 13 heavy (non-hydrogen) atoms. The summed E-state index contributed by atoms with van der Waals surface area (Å²) in [7, 11) is -3.90. The second-order valence-corrected chi connectivity index (χ2v) is 26.1. The highest BCUT2D eigenvalue weighted by atomic mass is 35.6. The molecule has 0 rings (SSSR count). The van der Waals surface area contributed by atoms with Gasteiger partial charge in [0.25, 0.3) is 0 Å². The Balaban J connectivity index is 4.25. The summed E-state index contributed by atoms with van der Waals surface area (Å²) in [5.74, 6) is 0. The molecule has 0 aliphatic rings. The summed E-state index contributed by atoms with van der Waals surface area (Å²) in [6.45, 7) is 13.8. The predicted molar refractivity (Wildman–Crippen MR) is 73.8 cm³/mol. The van der Waals surface area contributed by atoms with Gasteiger partial charge in [-0.25, -0.2) is 0 Å². The molecule has 0 bridgehead atoms. The minimum absolute atomic E-state index is 1.11. The molecule has 0 aliphatic carbocycles. The molecule has 0 aliphatic heterocycles. The lowest BCUT2D eigenvalue weighted by Crippen LogP contribution is -2.41. The SMILES string of the molecule is C[Si](C)(Cl)C[Si](C)(C)C[Si](C)(C)Cl. The maximum absolute atomic E-state index is 6.39. The molecular weight excluding hydrogens is 251 g/mol. The molecule has 0 aromatic heterocycles. The highest BCUT2D eigenvalue weighted by molar-refractivity contribution is 7.27. The summed E-state index contributed by atoms with van der Waals surface area (Å²) in [6.07, 6.45) is 0. The zero-order valence-corrected chi connectivity index (χ0v) is 14.2.